The number of hydrogen-bond acceptors (Lipinski definition) is 26. The van der Waals surface area contributed by atoms with Gasteiger partial charge in [0.2, 0.25) is 0 Å². The minimum absolute atomic E-state index is 0.0429. The quantitative estimate of drug-likeness (QED) is 0.0306. The minimum atomic E-state index is -1.62. The number of nitrogens with one attached hydrogen (secondary N) is 1. The molecule has 0 bridgehead atoms. The summed E-state index contributed by atoms with van der Waals surface area (Å²) in [5, 5.41) is 83.2. The number of nitrogens with two attached hydrogens (primary N) is 6. The number of H-pyrrole nitrogens is 1. The Morgan fingerprint density at radius 1 is 0.637 bits per heavy atom. The van der Waals surface area contributed by atoms with Gasteiger partial charge in [-0.1, -0.05) is 10.4 Å². The molecule has 29 nitrogen and oxygen atoms in total. The Bertz CT molecular complexity index is 2750. The van der Waals surface area contributed by atoms with E-state index < -0.39 is 116 Å². The molecule has 19 atom stereocenters. The highest BCUT2D eigenvalue weighted by atomic mass is 16.8. The van der Waals surface area contributed by atoms with Crippen LogP contribution in [0.2, 0.25) is 0 Å². The molecule has 1 aliphatic carbocycles. The van der Waals surface area contributed by atoms with Crippen molar-refractivity contribution in [2.24, 2.45) is 34.4 Å². The fourth-order valence-corrected chi connectivity index (χ4v) is 11.0. The predicted molar refractivity (Wildman–Crippen MR) is 285 cm³/mol. The molecule has 19 N–H and O–H groups in total. The average molecular weight is 1120 g/mol. The normalized spacial score (nSPS) is 35.3. The van der Waals surface area contributed by atoms with Crippen molar-refractivity contribution in [3.05, 3.63) is 66.2 Å². The number of rotatable bonds is 21. The summed E-state index contributed by atoms with van der Waals surface area (Å²) in [6.45, 7) is 4.61. The van der Waals surface area contributed by atoms with Crippen LogP contribution in [0.3, 0.4) is 0 Å². The van der Waals surface area contributed by atoms with Crippen molar-refractivity contribution < 1.29 is 63.8 Å². The van der Waals surface area contributed by atoms with Gasteiger partial charge in [-0.2, -0.15) is 0 Å². The maximum absolute atomic E-state index is 11.9. The van der Waals surface area contributed by atoms with Gasteiger partial charge in [0.1, 0.15) is 85.3 Å². The van der Waals surface area contributed by atoms with E-state index in [0.717, 1.165) is 72.9 Å². The molecule has 0 radical (unpaired) electrons. The van der Waals surface area contributed by atoms with Gasteiger partial charge in [0.05, 0.1) is 53.7 Å². The molecule has 0 spiro atoms. The number of anilines is 1. The van der Waals surface area contributed by atoms with Crippen LogP contribution in [0.15, 0.2) is 54.9 Å². The SMILES string of the molecule is CN1CCN(c2ccc3nc(-c4ccc(OCCn5cc(CCCCc6cn(CC7OC(OC8C(O)[C@H](N)CC(N)[C@H]8O[C@H]8OC(CN)[C@@H](O)C(O)C8N)C(O)C7O[C@H]7OC(CN)[C@@H](O)C(O)C7N)nn6)nn5)cc4)[nH]c3c2)CC1. The second-order valence-corrected chi connectivity index (χ2v) is 21.6. The van der Waals surface area contributed by atoms with Gasteiger partial charge >= 0.3 is 0 Å². The lowest BCUT2D eigenvalue weighted by Gasteiger charge is -2.47. The number of ether oxygens (including phenoxy) is 7. The molecule has 7 heterocycles. The number of piperazine rings is 1. The smallest absolute Gasteiger partial charge is 0.187 e. The largest absolute Gasteiger partial charge is 0.492 e. The van der Waals surface area contributed by atoms with Crippen LogP contribution >= 0.6 is 0 Å². The Hall–Kier alpha value is -4.97. The van der Waals surface area contributed by atoms with E-state index in [1.54, 1.807) is 10.9 Å². The van der Waals surface area contributed by atoms with E-state index in [0.29, 0.717) is 31.7 Å². The number of aromatic amines is 1. The Morgan fingerprint density at radius 3 is 1.86 bits per heavy atom. The van der Waals surface area contributed by atoms with E-state index in [1.165, 1.54) is 10.4 Å². The van der Waals surface area contributed by atoms with E-state index in [1.807, 2.05) is 30.5 Å². The van der Waals surface area contributed by atoms with E-state index >= 15 is 0 Å². The van der Waals surface area contributed by atoms with Gasteiger partial charge in [-0.3, -0.25) is 0 Å². The van der Waals surface area contributed by atoms with E-state index in [9.17, 15) is 30.6 Å². The average Bonchev–Trinajstić information content (AvgIpc) is 4.30. The topological polar surface area (TPSA) is 439 Å². The molecule has 5 fully saturated rings. The van der Waals surface area contributed by atoms with Crippen molar-refractivity contribution in [2.45, 2.75) is 161 Å². The first-order valence-corrected chi connectivity index (χ1v) is 27.4. The van der Waals surface area contributed by atoms with Gasteiger partial charge in [-0.15, -0.1) is 10.2 Å². The second kappa shape index (κ2) is 25.7. The molecule has 13 unspecified atom stereocenters. The number of aromatic nitrogens is 8. The van der Waals surface area contributed by atoms with Crippen molar-refractivity contribution >= 4 is 16.7 Å². The van der Waals surface area contributed by atoms with Gasteiger partial charge < -0.3 is 113 Å². The van der Waals surface area contributed by atoms with E-state index in [-0.39, 0.29) is 26.1 Å². The van der Waals surface area contributed by atoms with Gasteiger partial charge in [0, 0.05) is 75.0 Å². The van der Waals surface area contributed by atoms with Crippen LogP contribution in [0, 0.1) is 0 Å². The number of fused-ring (bicyclic) bond motifs is 1. The maximum Gasteiger partial charge on any atom is 0.187 e. The molecular weight excluding hydrogens is 1040 g/mol. The molecule has 1 saturated carbocycles. The first kappa shape index (κ1) is 58.2. The van der Waals surface area contributed by atoms with Crippen LogP contribution in [0.5, 0.6) is 5.75 Å². The molecule has 0 amide bonds. The number of aliphatic hydroxyl groups is 6. The molecule has 3 aromatic heterocycles. The highest BCUT2D eigenvalue weighted by molar-refractivity contribution is 5.83. The summed E-state index contributed by atoms with van der Waals surface area (Å²) in [6, 6.07) is 9.95. The third kappa shape index (κ3) is 13.0. The first-order chi connectivity index (χ1) is 38.5. The lowest BCUT2D eigenvalue weighted by molar-refractivity contribution is -0.306. The lowest BCUT2D eigenvalue weighted by Crippen LogP contribution is -2.68. The minimum Gasteiger partial charge on any atom is -0.492 e. The molecule has 4 saturated heterocycles. The van der Waals surface area contributed by atoms with Crippen molar-refractivity contribution in [2.75, 3.05) is 57.8 Å². The number of imidazole rings is 1. The summed E-state index contributed by atoms with van der Waals surface area (Å²) in [5.74, 6) is 1.54. The van der Waals surface area contributed by atoms with Crippen LogP contribution < -0.4 is 44.0 Å². The van der Waals surface area contributed by atoms with Crippen LogP contribution in [0.1, 0.15) is 30.7 Å². The van der Waals surface area contributed by atoms with E-state index in [4.69, 9.17) is 72.5 Å². The number of hydrogen-bond donors (Lipinski definition) is 13. The Morgan fingerprint density at radius 2 is 1.23 bits per heavy atom. The van der Waals surface area contributed by atoms with Crippen LogP contribution in [0.4, 0.5) is 5.69 Å². The van der Waals surface area contributed by atoms with E-state index in [2.05, 4.69) is 60.7 Å². The second-order valence-electron chi connectivity index (χ2n) is 21.6. The number of aryl methyl sites for hydroxylation is 2. The molecule has 5 aliphatic rings. The molecular formula is C51H78N16O13. The van der Waals surface area contributed by atoms with Crippen molar-refractivity contribution in [3.8, 4) is 17.1 Å². The molecule has 10 rings (SSSR count). The van der Waals surface area contributed by atoms with Crippen molar-refractivity contribution in [1.29, 1.82) is 0 Å². The Balaban J connectivity index is 0.718. The summed E-state index contributed by atoms with van der Waals surface area (Å²) in [5.41, 5.74) is 42.6. The number of nitrogens with zero attached hydrogens (tertiary/aromatic N) is 9. The predicted octanol–water partition coefficient (Wildman–Crippen LogP) is -5.06. The summed E-state index contributed by atoms with van der Waals surface area (Å²) in [4.78, 5) is 13.1. The summed E-state index contributed by atoms with van der Waals surface area (Å²) < 4.78 is 46.1. The van der Waals surface area contributed by atoms with Crippen LogP contribution in [-0.4, -0.2) is 245 Å². The molecule has 440 valence electrons. The zero-order valence-corrected chi connectivity index (χ0v) is 44.6. The lowest BCUT2D eigenvalue weighted by atomic mass is 9.84. The number of unbranched alkanes of at least 4 members (excludes halogenated alkanes) is 1. The zero-order valence-electron chi connectivity index (χ0n) is 44.6. The summed E-state index contributed by atoms with van der Waals surface area (Å²) in [7, 11) is 2.15. The van der Waals surface area contributed by atoms with Crippen molar-refractivity contribution in [3.63, 3.8) is 0 Å². The zero-order chi connectivity index (χ0) is 56.4. The van der Waals surface area contributed by atoms with Gasteiger partial charge in [-0.25, -0.2) is 14.3 Å². The molecule has 4 aliphatic heterocycles. The highest BCUT2D eigenvalue weighted by Crippen LogP contribution is 2.35. The number of aliphatic hydroxyl groups excluding tert-OH is 6. The number of benzene rings is 2. The molecule has 5 aromatic rings. The monoisotopic (exact) mass is 1120 g/mol. The van der Waals surface area contributed by atoms with Crippen LogP contribution in [-0.2, 0) is 54.4 Å². The third-order valence-electron chi connectivity index (χ3n) is 15.9. The summed E-state index contributed by atoms with van der Waals surface area (Å²) >= 11 is 0. The molecule has 2 aromatic carbocycles. The van der Waals surface area contributed by atoms with Crippen molar-refractivity contribution in [1.82, 2.24) is 44.9 Å². The van der Waals surface area contributed by atoms with Gasteiger partial charge in [0.25, 0.3) is 0 Å². The molecule has 29 heteroatoms. The maximum atomic E-state index is 11.9. The molecule has 80 heavy (non-hydrogen) atoms. The summed E-state index contributed by atoms with van der Waals surface area (Å²) in [6.07, 6.45) is -13.6. The highest BCUT2D eigenvalue weighted by Gasteiger charge is 2.54. The standard InChI is InChI=1S/C51H78N16O13/c1-64-12-14-65(15-13-64)28-8-11-32-33(18-28)59-48(58-32)25-6-9-29(10-7-25)74-17-16-66-22-26(60-62-66)4-2-3-5-27-23-67(63-61-27)24-36-46(79-50-38(57)43(72)41(70)35(21-53)76-50)44(73)51(77-36)80-47-39(68)30(54)19-31(55)45(47)78-49-37(56)42(71)40(69)34(20-52)75-49/h6-11,18,22-23,30-31,34-47,49-51,68-73H,2-5,12-17,19-21,24,52-57H2,1H3,(H,58,59)/t30-,31?,34?,35?,36?,37?,38?,39?,40-,41-,42?,43?,44?,45-,46?,47?,49-,50-,51?/m1/s1. The first-order valence-electron chi connectivity index (χ1n) is 27.4. The Kier molecular flexibility index (Phi) is 18.7. The van der Waals surface area contributed by atoms with Gasteiger partial charge in [0.15, 0.2) is 18.9 Å². The number of likely N-dealkylation sites (N-methyl/N-ethyl adjacent to an activating group) is 1. The van der Waals surface area contributed by atoms with Gasteiger partial charge in [-0.05, 0) is 81.6 Å². The third-order valence-corrected chi connectivity index (χ3v) is 15.9. The fourth-order valence-electron chi connectivity index (χ4n) is 11.0. The fraction of sp³-hybridized carbons (Fsp3) is 0.667. The Labute approximate surface area is 461 Å². The van der Waals surface area contributed by atoms with Crippen LogP contribution in [0.25, 0.3) is 22.4 Å².